The molecule has 2 rings (SSSR count). The molecule has 0 spiro atoms. The smallest absolute Gasteiger partial charge is 0.344 e. The third-order valence-electron chi connectivity index (χ3n) is 4.54. The largest absolute Gasteiger partial charge is 0.481 e. The van der Waals surface area contributed by atoms with Gasteiger partial charge in [0.15, 0.2) is 0 Å². The highest BCUT2D eigenvalue weighted by atomic mass is 31.2. The van der Waals surface area contributed by atoms with E-state index in [1.165, 1.54) is 13.8 Å². The fourth-order valence-electron chi connectivity index (χ4n) is 2.85. The Morgan fingerprint density at radius 2 is 1.59 bits per heavy atom. The van der Waals surface area contributed by atoms with E-state index >= 15 is 0 Å². The molecule has 146 valence electrons. The number of hydrogen-bond donors (Lipinski definition) is 4. The van der Waals surface area contributed by atoms with Crippen molar-refractivity contribution in [3.8, 4) is 11.1 Å². The molecule has 1 unspecified atom stereocenters. The Labute approximate surface area is 159 Å². The van der Waals surface area contributed by atoms with Gasteiger partial charge in [0.25, 0.3) is 0 Å². The van der Waals surface area contributed by atoms with E-state index in [1.807, 2.05) is 54.6 Å². The standard InChI is InChI=1S/C20H26NO5P/c1-20(2,27(24,25)26)21-18(12-13-19(22)23)14-15-8-10-17(11-9-15)16-6-4-3-5-7-16/h3-11,18,21H,12-14H2,1-2H3,(H,22,23)(H2,24,25,26). The minimum absolute atomic E-state index is 0.0724. The van der Waals surface area contributed by atoms with Crippen molar-refractivity contribution in [2.24, 2.45) is 0 Å². The van der Waals surface area contributed by atoms with Gasteiger partial charge in [-0.05, 0) is 43.4 Å². The molecule has 2 aromatic rings. The molecule has 7 heteroatoms. The first-order valence-corrected chi connectivity index (χ1v) is 10.4. The maximum atomic E-state index is 11.7. The molecule has 0 aliphatic heterocycles. The zero-order valence-electron chi connectivity index (χ0n) is 15.5. The molecule has 0 fully saturated rings. The topological polar surface area (TPSA) is 107 Å². The van der Waals surface area contributed by atoms with Crippen LogP contribution in [-0.2, 0) is 15.8 Å². The molecule has 0 saturated carbocycles. The number of nitrogens with one attached hydrogen (secondary N) is 1. The van der Waals surface area contributed by atoms with Crippen LogP contribution in [-0.4, -0.2) is 32.2 Å². The van der Waals surface area contributed by atoms with Gasteiger partial charge in [-0.3, -0.25) is 14.7 Å². The van der Waals surface area contributed by atoms with E-state index < -0.39 is 18.8 Å². The Balaban J connectivity index is 2.14. The fourth-order valence-corrected chi connectivity index (χ4v) is 3.21. The summed E-state index contributed by atoms with van der Waals surface area (Å²) in [5, 5.41) is 10.5. The van der Waals surface area contributed by atoms with Crippen LogP contribution in [0.5, 0.6) is 0 Å². The van der Waals surface area contributed by atoms with Gasteiger partial charge in [-0.25, -0.2) is 0 Å². The molecular weight excluding hydrogens is 365 g/mol. The lowest BCUT2D eigenvalue weighted by Gasteiger charge is -2.32. The van der Waals surface area contributed by atoms with Crippen LogP contribution < -0.4 is 5.32 Å². The monoisotopic (exact) mass is 391 g/mol. The van der Waals surface area contributed by atoms with E-state index in [4.69, 9.17) is 5.11 Å². The van der Waals surface area contributed by atoms with Crippen LogP contribution in [0.3, 0.4) is 0 Å². The number of rotatable bonds is 9. The van der Waals surface area contributed by atoms with Gasteiger partial charge in [0.05, 0.1) is 0 Å². The molecule has 0 aromatic heterocycles. The molecule has 0 aliphatic rings. The number of hydrogen-bond acceptors (Lipinski definition) is 3. The third kappa shape index (κ3) is 6.29. The highest BCUT2D eigenvalue weighted by Crippen LogP contribution is 2.48. The highest BCUT2D eigenvalue weighted by molar-refractivity contribution is 7.53. The second kappa shape index (κ2) is 8.81. The summed E-state index contributed by atoms with van der Waals surface area (Å²) in [5.41, 5.74) is 3.15. The van der Waals surface area contributed by atoms with Crippen LogP contribution in [0.2, 0.25) is 0 Å². The normalized spacial score (nSPS) is 13.3. The van der Waals surface area contributed by atoms with E-state index in [0.717, 1.165) is 16.7 Å². The maximum absolute atomic E-state index is 11.7. The number of carboxylic acids is 1. The molecule has 0 saturated heterocycles. The molecule has 0 bridgehead atoms. The summed E-state index contributed by atoms with van der Waals surface area (Å²) >= 11 is 0. The van der Waals surface area contributed by atoms with Gasteiger partial charge in [0.2, 0.25) is 0 Å². The average molecular weight is 391 g/mol. The summed E-state index contributed by atoms with van der Waals surface area (Å²) in [6, 6.07) is 17.5. The summed E-state index contributed by atoms with van der Waals surface area (Å²) in [5.74, 6) is -0.935. The molecule has 4 N–H and O–H groups in total. The number of benzene rings is 2. The number of aliphatic carboxylic acids is 1. The second-order valence-electron chi connectivity index (χ2n) is 7.14. The second-order valence-corrected chi connectivity index (χ2v) is 9.35. The molecule has 0 aliphatic carbocycles. The molecule has 0 heterocycles. The van der Waals surface area contributed by atoms with E-state index in [0.29, 0.717) is 6.42 Å². The summed E-state index contributed by atoms with van der Waals surface area (Å²) in [7, 11) is -4.38. The van der Waals surface area contributed by atoms with E-state index in [-0.39, 0.29) is 18.9 Å². The highest BCUT2D eigenvalue weighted by Gasteiger charge is 2.39. The number of carboxylic acid groups (broad SMARTS) is 1. The van der Waals surface area contributed by atoms with Crippen molar-refractivity contribution in [1.82, 2.24) is 5.32 Å². The molecular formula is C20H26NO5P. The van der Waals surface area contributed by atoms with E-state index in [2.05, 4.69) is 5.32 Å². The summed E-state index contributed by atoms with van der Waals surface area (Å²) < 4.78 is 11.7. The Morgan fingerprint density at radius 1 is 1.04 bits per heavy atom. The lowest BCUT2D eigenvalue weighted by molar-refractivity contribution is -0.137. The Bertz CT molecular complexity index is 799. The molecule has 2 aromatic carbocycles. The Hall–Kier alpha value is -1.98. The summed E-state index contributed by atoms with van der Waals surface area (Å²) in [6.45, 7) is 2.86. The van der Waals surface area contributed by atoms with Crippen molar-refractivity contribution in [3.63, 3.8) is 0 Å². The van der Waals surface area contributed by atoms with Gasteiger partial charge in [0, 0.05) is 12.5 Å². The zero-order valence-corrected chi connectivity index (χ0v) is 16.4. The lowest BCUT2D eigenvalue weighted by atomic mass is 9.98. The minimum atomic E-state index is -4.38. The van der Waals surface area contributed by atoms with Gasteiger partial charge in [-0.2, -0.15) is 0 Å². The van der Waals surface area contributed by atoms with Crippen molar-refractivity contribution < 1.29 is 24.3 Å². The van der Waals surface area contributed by atoms with Crippen molar-refractivity contribution in [1.29, 1.82) is 0 Å². The van der Waals surface area contributed by atoms with Crippen LogP contribution >= 0.6 is 7.60 Å². The average Bonchev–Trinajstić information content (AvgIpc) is 2.60. The van der Waals surface area contributed by atoms with Gasteiger partial charge in [0.1, 0.15) is 5.28 Å². The SMILES string of the molecule is CC(C)(NC(CCC(=O)O)Cc1ccc(-c2ccccc2)cc1)P(=O)(O)O. The van der Waals surface area contributed by atoms with Gasteiger partial charge in [-0.1, -0.05) is 54.6 Å². The molecule has 0 radical (unpaired) electrons. The van der Waals surface area contributed by atoms with Crippen LogP contribution in [0.4, 0.5) is 0 Å². The quantitative estimate of drug-likeness (QED) is 0.486. The van der Waals surface area contributed by atoms with Gasteiger partial charge in [-0.15, -0.1) is 0 Å². The van der Waals surface area contributed by atoms with Crippen LogP contribution in [0.1, 0.15) is 32.3 Å². The fraction of sp³-hybridized carbons (Fsp3) is 0.350. The third-order valence-corrected chi connectivity index (χ3v) is 6.12. The Morgan fingerprint density at radius 3 is 2.11 bits per heavy atom. The van der Waals surface area contributed by atoms with Crippen molar-refractivity contribution in [2.45, 2.75) is 44.4 Å². The van der Waals surface area contributed by atoms with Gasteiger partial charge < -0.3 is 14.9 Å². The van der Waals surface area contributed by atoms with Crippen molar-refractivity contribution in [2.75, 3.05) is 0 Å². The first kappa shape index (κ1) is 21.3. The lowest BCUT2D eigenvalue weighted by Crippen LogP contribution is -2.46. The van der Waals surface area contributed by atoms with Gasteiger partial charge >= 0.3 is 13.6 Å². The van der Waals surface area contributed by atoms with E-state index in [1.54, 1.807) is 0 Å². The Kier molecular flexibility index (Phi) is 6.95. The summed E-state index contributed by atoms with van der Waals surface area (Å²) in [4.78, 5) is 30.0. The van der Waals surface area contributed by atoms with E-state index in [9.17, 15) is 19.1 Å². The predicted octanol–water partition coefficient (Wildman–Crippen LogP) is 3.63. The van der Waals surface area contributed by atoms with Crippen molar-refractivity contribution in [3.05, 3.63) is 60.2 Å². The maximum Gasteiger partial charge on any atom is 0.344 e. The molecule has 27 heavy (non-hydrogen) atoms. The molecule has 1 atom stereocenters. The zero-order chi connectivity index (χ0) is 20.1. The molecule has 0 amide bonds. The minimum Gasteiger partial charge on any atom is -0.481 e. The number of carbonyl (C=O) groups is 1. The molecule has 6 nitrogen and oxygen atoms in total. The first-order chi connectivity index (χ1) is 12.6. The predicted molar refractivity (Wildman–Crippen MR) is 105 cm³/mol. The van der Waals surface area contributed by atoms with Crippen LogP contribution in [0, 0.1) is 0 Å². The van der Waals surface area contributed by atoms with Crippen LogP contribution in [0.15, 0.2) is 54.6 Å². The summed E-state index contributed by atoms with van der Waals surface area (Å²) in [6.07, 6.45) is 0.683. The van der Waals surface area contributed by atoms with Crippen molar-refractivity contribution >= 4 is 13.6 Å². The first-order valence-electron chi connectivity index (χ1n) is 8.78. The van der Waals surface area contributed by atoms with Crippen LogP contribution in [0.25, 0.3) is 11.1 Å².